The van der Waals surface area contributed by atoms with Crippen molar-refractivity contribution >= 4 is 17.6 Å². The van der Waals surface area contributed by atoms with Crippen molar-refractivity contribution in [3.8, 4) is 28.3 Å². The summed E-state index contributed by atoms with van der Waals surface area (Å²) >= 11 is 6.37. The van der Waals surface area contributed by atoms with Crippen molar-refractivity contribution in [2.45, 2.75) is 19.9 Å². The molecule has 4 aromatic rings. The van der Waals surface area contributed by atoms with E-state index in [-0.39, 0.29) is 5.82 Å². The molecule has 0 aliphatic rings. The first-order valence-electron chi connectivity index (χ1n) is 10.4. The number of aromatic nitrogens is 2. The molecule has 0 fully saturated rings. The molecule has 0 unspecified atom stereocenters. The molecule has 0 amide bonds. The van der Waals surface area contributed by atoms with E-state index in [0.717, 1.165) is 23.2 Å². The van der Waals surface area contributed by atoms with Gasteiger partial charge in [0.15, 0.2) is 6.61 Å². The Hall–Kier alpha value is -3.64. The van der Waals surface area contributed by atoms with E-state index in [1.54, 1.807) is 18.2 Å². The summed E-state index contributed by atoms with van der Waals surface area (Å²) in [5.74, 6) is -1.05. The predicted molar refractivity (Wildman–Crippen MR) is 126 cm³/mol. The van der Waals surface area contributed by atoms with Gasteiger partial charge in [-0.1, -0.05) is 54.1 Å². The predicted octanol–water partition coefficient (Wildman–Crippen LogP) is 6.02. The lowest BCUT2D eigenvalue weighted by Gasteiger charge is -2.11. The van der Waals surface area contributed by atoms with E-state index < -0.39 is 12.6 Å². The van der Waals surface area contributed by atoms with E-state index in [1.807, 2.05) is 54.1 Å². The van der Waals surface area contributed by atoms with Gasteiger partial charge in [-0.2, -0.15) is 5.10 Å². The van der Waals surface area contributed by atoms with Gasteiger partial charge in [0, 0.05) is 22.7 Å². The van der Waals surface area contributed by atoms with Gasteiger partial charge in [0.25, 0.3) is 0 Å². The van der Waals surface area contributed by atoms with Crippen molar-refractivity contribution in [1.82, 2.24) is 9.78 Å². The topological polar surface area (TPSA) is 64.3 Å². The van der Waals surface area contributed by atoms with E-state index in [4.69, 9.17) is 26.5 Å². The van der Waals surface area contributed by atoms with E-state index >= 15 is 0 Å². The average Bonchev–Trinajstić information content (AvgIpc) is 3.23. The Morgan fingerprint density at radius 3 is 2.61 bits per heavy atom. The quantitative estimate of drug-likeness (QED) is 0.346. The molecule has 33 heavy (non-hydrogen) atoms. The number of aliphatic carboxylic acids is 1. The summed E-state index contributed by atoms with van der Waals surface area (Å²) in [5.41, 5.74) is 4.47. The summed E-state index contributed by atoms with van der Waals surface area (Å²) < 4.78 is 21.3. The van der Waals surface area contributed by atoms with Gasteiger partial charge in [0.1, 0.15) is 11.6 Å². The van der Waals surface area contributed by atoms with Crippen LogP contribution in [0, 0.1) is 12.7 Å². The minimum atomic E-state index is -1.08. The molecule has 0 spiro atoms. The number of aryl methyl sites for hydroxylation is 3. The smallest absolute Gasteiger partial charge is 0.341 e. The van der Waals surface area contributed by atoms with Crippen molar-refractivity contribution < 1.29 is 19.0 Å². The van der Waals surface area contributed by atoms with E-state index in [0.29, 0.717) is 34.1 Å². The number of hydrogen-bond acceptors (Lipinski definition) is 3. The lowest BCUT2D eigenvalue weighted by Crippen LogP contribution is -2.10. The number of nitrogens with zero attached hydrogens (tertiary/aromatic N) is 2. The number of rotatable bonds is 8. The van der Waals surface area contributed by atoms with Gasteiger partial charge >= 0.3 is 5.97 Å². The summed E-state index contributed by atoms with van der Waals surface area (Å²) in [4.78, 5) is 11.1. The van der Waals surface area contributed by atoms with E-state index in [2.05, 4.69) is 0 Å². The first-order chi connectivity index (χ1) is 15.9. The monoisotopic (exact) mass is 464 g/mol. The summed E-state index contributed by atoms with van der Waals surface area (Å²) in [7, 11) is 0. The van der Waals surface area contributed by atoms with Gasteiger partial charge in [-0.3, -0.25) is 4.68 Å². The molecule has 0 radical (unpaired) electrons. The van der Waals surface area contributed by atoms with Crippen molar-refractivity contribution in [2.75, 3.05) is 6.61 Å². The Labute approximate surface area is 196 Å². The molecule has 0 bridgehead atoms. The highest BCUT2D eigenvalue weighted by molar-refractivity contribution is 6.31. The maximum absolute atomic E-state index is 14.0. The van der Waals surface area contributed by atoms with Crippen LogP contribution in [0.25, 0.3) is 22.5 Å². The number of benzene rings is 3. The molecule has 1 N–H and O–H groups in total. The fourth-order valence-corrected chi connectivity index (χ4v) is 3.76. The molecule has 168 valence electrons. The molecule has 1 aromatic heterocycles. The summed E-state index contributed by atoms with van der Waals surface area (Å²) in [5, 5.41) is 14.3. The maximum Gasteiger partial charge on any atom is 0.341 e. The second-order valence-corrected chi connectivity index (χ2v) is 8.07. The minimum absolute atomic E-state index is 0.339. The van der Waals surface area contributed by atoms with Crippen LogP contribution in [0.4, 0.5) is 4.39 Å². The number of hydrogen-bond donors (Lipinski definition) is 1. The largest absolute Gasteiger partial charge is 0.481 e. The van der Waals surface area contributed by atoms with Crippen LogP contribution < -0.4 is 4.74 Å². The van der Waals surface area contributed by atoms with Crippen LogP contribution in [0.2, 0.25) is 5.02 Å². The average molecular weight is 465 g/mol. The van der Waals surface area contributed by atoms with Gasteiger partial charge in [-0.05, 0) is 54.8 Å². The van der Waals surface area contributed by atoms with Crippen LogP contribution >= 0.6 is 11.6 Å². The Kier molecular flexibility index (Phi) is 6.75. The molecule has 1 heterocycles. The zero-order valence-corrected chi connectivity index (χ0v) is 18.7. The second-order valence-electron chi connectivity index (χ2n) is 7.66. The van der Waals surface area contributed by atoms with Gasteiger partial charge in [-0.25, -0.2) is 9.18 Å². The van der Waals surface area contributed by atoms with Crippen LogP contribution in [0.1, 0.15) is 11.1 Å². The zero-order valence-electron chi connectivity index (χ0n) is 18.0. The number of carbonyl (C=O) groups is 1. The highest BCUT2D eigenvalue weighted by Crippen LogP contribution is 2.36. The Morgan fingerprint density at radius 2 is 1.88 bits per heavy atom. The Morgan fingerprint density at radius 1 is 1.09 bits per heavy atom. The molecule has 0 saturated heterocycles. The molecular weight excluding hydrogens is 443 g/mol. The fraction of sp³-hybridized carbons (Fsp3) is 0.154. The van der Waals surface area contributed by atoms with Gasteiger partial charge in [-0.15, -0.1) is 0 Å². The summed E-state index contributed by atoms with van der Waals surface area (Å²) in [6.45, 7) is 1.90. The molecule has 0 saturated carbocycles. The van der Waals surface area contributed by atoms with Crippen LogP contribution in [0.5, 0.6) is 5.75 Å². The molecule has 4 rings (SSSR count). The van der Waals surface area contributed by atoms with Gasteiger partial charge in [0.2, 0.25) is 0 Å². The normalized spacial score (nSPS) is 10.9. The minimum Gasteiger partial charge on any atom is -0.481 e. The fourth-order valence-electron chi connectivity index (χ4n) is 3.59. The SMILES string of the molecule is Cc1cc(OCC(=O)O)c(-c2cc(-c3cccc(F)c3)n(CCc3ccccc3)n2)cc1Cl. The lowest BCUT2D eigenvalue weighted by molar-refractivity contribution is -0.139. The second kappa shape index (κ2) is 9.88. The highest BCUT2D eigenvalue weighted by Gasteiger charge is 2.18. The highest BCUT2D eigenvalue weighted by atomic mass is 35.5. The molecule has 0 aliphatic heterocycles. The molecule has 0 atom stereocenters. The van der Waals surface area contributed by atoms with Crippen LogP contribution in [-0.4, -0.2) is 27.5 Å². The zero-order chi connectivity index (χ0) is 23.4. The van der Waals surface area contributed by atoms with Crippen molar-refractivity contribution in [2.24, 2.45) is 0 Å². The van der Waals surface area contributed by atoms with Gasteiger partial charge < -0.3 is 9.84 Å². The van der Waals surface area contributed by atoms with E-state index in [1.165, 1.54) is 12.1 Å². The summed E-state index contributed by atoms with van der Waals surface area (Å²) in [6, 6.07) is 21.6. The Balaban J connectivity index is 1.78. The third-order valence-corrected chi connectivity index (χ3v) is 5.65. The molecule has 0 aliphatic carbocycles. The summed E-state index contributed by atoms with van der Waals surface area (Å²) in [6.07, 6.45) is 0.737. The molecule has 7 heteroatoms. The molecular formula is C26H22ClFN2O3. The van der Waals surface area contributed by atoms with Crippen molar-refractivity contribution in [3.05, 3.63) is 94.8 Å². The van der Waals surface area contributed by atoms with Crippen LogP contribution in [0.15, 0.2) is 72.8 Å². The Bertz CT molecular complexity index is 1290. The number of carboxylic acids is 1. The van der Waals surface area contributed by atoms with Crippen LogP contribution in [-0.2, 0) is 17.8 Å². The first kappa shape index (κ1) is 22.6. The van der Waals surface area contributed by atoms with E-state index in [9.17, 15) is 9.18 Å². The molecule has 5 nitrogen and oxygen atoms in total. The number of halogens is 2. The van der Waals surface area contributed by atoms with Crippen molar-refractivity contribution in [3.63, 3.8) is 0 Å². The third kappa shape index (κ3) is 5.41. The maximum atomic E-state index is 14.0. The third-order valence-electron chi connectivity index (χ3n) is 5.24. The number of carboxylic acid groups (broad SMARTS) is 1. The first-order valence-corrected chi connectivity index (χ1v) is 10.8. The van der Waals surface area contributed by atoms with Crippen LogP contribution in [0.3, 0.4) is 0 Å². The standard InChI is InChI=1S/C26H22ClFN2O3/c1-17-12-25(33-16-26(31)32)21(14-22(17)27)23-15-24(19-8-5-9-20(28)13-19)30(29-23)11-10-18-6-3-2-4-7-18/h2-9,12-15H,10-11,16H2,1H3,(H,31,32). The van der Waals surface area contributed by atoms with Gasteiger partial charge in [0.05, 0.1) is 11.4 Å². The molecule has 3 aromatic carbocycles. The number of ether oxygens (including phenoxy) is 1. The van der Waals surface area contributed by atoms with Crippen molar-refractivity contribution in [1.29, 1.82) is 0 Å². The lowest BCUT2D eigenvalue weighted by atomic mass is 10.1.